The first kappa shape index (κ1) is 22.1. The number of nitrogens with zero attached hydrogens (tertiary/aromatic N) is 3. The van der Waals surface area contributed by atoms with Crippen molar-refractivity contribution >= 4 is 35.4 Å². The third kappa shape index (κ3) is 6.17. The van der Waals surface area contributed by atoms with Gasteiger partial charge in [-0.1, -0.05) is 11.6 Å². The van der Waals surface area contributed by atoms with E-state index >= 15 is 0 Å². The van der Waals surface area contributed by atoms with Crippen molar-refractivity contribution in [2.45, 2.75) is 20.4 Å². The summed E-state index contributed by atoms with van der Waals surface area (Å²) in [6, 6.07) is 6.77. The van der Waals surface area contributed by atoms with Gasteiger partial charge in [-0.3, -0.25) is 4.79 Å². The fraction of sp³-hybridized carbons (Fsp3) is 0.300. The first-order valence-corrected chi connectivity index (χ1v) is 9.09. The van der Waals surface area contributed by atoms with Gasteiger partial charge in [0, 0.05) is 31.2 Å². The molecule has 2 aromatic rings. The van der Waals surface area contributed by atoms with Crippen LogP contribution >= 0.6 is 11.6 Å². The molecule has 2 heterocycles. The van der Waals surface area contributed by atoms with Crippen LogP contribution in [-0.4, -0.2) is 41.8 Å². The number of nitriles is 1. The number of nitrogens with one attached hydrogen (secondary N) is 1. The first-order valence-electron chi connectivity index (χ1n) is 8.71. The molecular formula is C20H21ClN4O4. The molecule has 0 unspecified atom stereocenters. The lowest BCUT2D eigenvalue weighted by Crippen LogP contribution is -2.21. The molecule has 2 aromatic heterocycles. The Kier molecular flexibility index (Phi) is 7.95. The minimum absolute atomic E-state index is 0.200. The summed E-state index contributed by atoms with van der Waals surface area (Å²) < 4.78 is 12.1. The number of anilines is 1. The molecule has 0 spiro atoms. The van der Waals surface area contributed by atoms with Crippen LogP contribution in [0.15, 0.2) is 30.0 Å². The molecule has 8 nitrogen and oxygen atoms in total. The molecule has 9 heteroatoms. The van der Waals surface area contributed by atoms with E-state index in [1.54, 1.807) is 13.2 Å². The lowest BCUT2D eigenvalue weighted by atomic mass is 10.1. The third-order valence-corrected chi connectivity index (χ3v) is 4.32. The van der Waals surface area contributed by atoms with Gasteiger partial charge in [0.15, 0.2) is 6.61 Å². The van der Waals surface area contributed by atoms with E-state index in [4.69, 9.17) is 21.1 Å². The number of methoxy groups -OCH3 is 1. The van der Waals surface area contributed by atoms with Crippen molar-refractivity contribution in [3.05, 3.63) is 51.9 Å². The van der Waals surface area contributed by atoms with Gasteiger partial charge in [0.25, 0.3) is 5.91 Å². The molecule has 0 aliphatic heterocycles. The first-order chi connectivity index (χ1) is 13.8. The van der Waals surface area contributed by atoms with Gasteiger partial charge in [-0.15, -0.1) is 0 Å². The van der Waals surface area contributed by atoms with Gasteiger partial charge in [-0.2, -0.15) is 5.26 Å². The Balaban J connectivity index is 2.02. The number of rotatable bonds is 8. The number of ether oxygens (including phenoxy) is 2. The minimum atomic E-state index is -0.881. The van der Waals surface area contributed by atoms with Crippen molar-refractivity contribution in [1.82, 2.24) is 9.55 Å². The molecular weight excluding hydrogens is 396 g/mol. The molecule has 1 amide bonds. The van der Waals surface area contributed by atoms with Crippen molar-refractivity contribution < 1.29 is 19.1 Å². The van der Waals surface area contributed by atoms with Crippen LogP contribution in [-0.2, 0) is 25.6 Å². The fourth-order valence-corrected chi connectivity index (χ4v) is 2.74. The Morgan fingerprint density at radius 1 is 1.38 bits per heavy atom. The zero-order valence-electron chi connectivity index (χ0n) is 16.4. The summed E-state index contributed by atoms with van der Waals surface area (Å²) in [4.78, 5) is 28.0. The van der Waals surface area contributed by atoms with Crippen LogP contribution in [0.2, 0.25) is 5.02 Å². The van der Waals surface area contributed by atoms with Crippen molar-refractivity contribution in [2.24, 2.45) is 0 Å². The molecule has 2 rings (SSSR count). The Hall–Kier alpha value is -3.15. The highest BCUT2D eigenvalue weighted by molar-refractivity contribution is 6.30. The van der Waals surface area contributed by atoms with E-state index < -0.39 is 18.5 Å². The lowest BCUT2D eigenvalue weighted by molar-refractivity contribution is -0.142. The number of esters is 1. The van der Waals surface area contributed by atoms with Crippen LogP contribution in [0.1, 0.15) is 17.0 Å². The summed E-state index contributed by atoms with van der Waals surface area (Å²) in [6.07, 6.45) is 2.83. The molecule has 0 aromatic carbocycles. The van der Waals surface area contributed by atoms with Gasteiger partial charge >= 0.3 is 5.97 Å². The number of hydrogen-bond donors (Lipinski definition) is 1. The Labute approximate surface area is 173 Å². The second-order valence-electron chi connectivity index (χ2n) is 6.13. The van der Waals surface area contributed by atoms with Gasteiger partial charge in [-0.25, -0.2) is 9.78 Å². The van der Waals surface area contributed by atoms with Crippen LogP contribution in [0, 0.1) is 25.2 Å². The van der Waals surface area contributed by atoms with Crippen molar-refractivity contribution in [3.8, 4) is 6.07 Å². The predicted octanol–water partition coefficient (Wildman–Crippen LogP) is 2.89. The highest BCUT2D eigenvalue weighted by atomic mass is 35.5. The maximum Gasteiger partial charge on any atom is 0.349 e. The van der Waals surface area contributed by atoms with E-state index in [0.29, 0.717) is 18.2 Å². The molecule has 1 N–H and O–H groups in total. The monoisotopic (exact) mass is 416 g/mol. The number of amides is 1. The standard InChI is InChI=1S/C20H21ClN4O4/c1-13-8-15(14(2)25(13)6-7-28-3)9-16(10-22)20(27)29-12-19(26)24-18-5-4-17(21)11-23-18/h4-5,8-9,11H,6-7,12H2,1-3H3,(H,23,24,26)/b16-9+. The lowest BCUT2D eigenvalue weighted by Gasteiger charge is -2.08. The van der Waals surface area contributed by atoms with Gasteiger partial charge in [0.05, 0.1) is 11.6 Å². The average molecular weight is 417 g/mol. The van der Waals surface area contributed by atoms with Crippen LogP contribution < -0.4 is 5.32 Å². The van der Waals surface area contributed by atoms with Crippen LogP contribution in [0.5, 0.6) is 0 Å². The van der Waals surface area contributed by atoms with E-state index in [1.165, 1.54) is 18.3 Å². The van der Waals surface area contributed by atoms with E-state index in [0.717, 1.165) is 17.0 Å². The highest BCUT2D eigenvalue weighted by Gasteiger charge is 2.16. The number of halogens is 1. The normalized spacial score (nSPS) is 11.1. The second kappa shape index (κ2) is 10.4. The quantitative estimate of drug-likeness (QED) is 0.403. The molecule has 0 saturated carbocycles. The van der Waals surface area contributed by atoms with Gasteiger partial charge in [0.1, 0.15) is 17.5 Å². The second-order valence-corrected chi connectivity index (χ2v) is 6.56. The van der Waals surface area contributed by atoms with Crippen LogP contribution in [0.25, 0.3) is 6.08 Å². The number of aryl methyl sites for hydroxylation is 1. The maximum absolute atomic E-state index is 12.2. The molecule has 0 aliphatic carbocycles. The average Bonchev–Trinajstić information content (AvgIpc) is 2.97. The third-order valence-electron chi connectivity index (χ3n) is 4.10. The molecule has 0 saturated heterocycles. The number of carbonyl (C=O) groups is 2. The number of aromatic nitrogens is 2. The summed E-state index contributed by atoms with van der Waals surface area (Å²) in [5.41, 5.74) is 2.40. The Bertz CT molecular complexity index is 958. The number of carbonyl (C=O) groups excluding carboxylic acids is 2. The summed E-state index contributed by atoms with van der Waals surface area (Å²) in [5.74, 6) is -1.19. The largest absolute Gasteiger partial charge is 0.451 e. The summed E-state index contributed by atoms with van der Waals surface area (Å²) in [7, 11) is 1.62. The SMILES string of the molecule is COCCn1c(C)cc(/C=C(\C#N)C(=O)OCC(=O)Nc2ccc(Cl)cn2)c1C. The van der Waals surface area contributed by atoms with E-state index in [1.807, 2.05) is 30.6 Å². The number of pyridine rings is 1. The highest BCUT2D eigenvalue weighted by Crippen LogP contribution is 2.18. The van der Waals surface area contributed by atoms with Crippen LogP contribution in [0.3, 0.4) is 0 Å². The summed E-state index contributed by atoms with van der Waals surface area (Å²) in [6.45, 7) is 4.48. The molecule has 29 heavy (non-hydrogen) atoms. The van der Waals surface area contributed by atoms with Gasteiger partial charge in [-0.05, 0) is 43.7 Å². The Morgan fingerprint density at radius 3 is 2.76 bits per heavy atom. The van der Waals surface area contributed by atoms with Gasteiger partial charge < -0.3 is 19.4 Å². The van der Waals surface area contributed by atoms with Crippen molar-refractivity contribution in [3.63, 3.8) is 0 Å². The van der Waals surface area contributed by atoms with Crippen molar-refractivity contribution in [2.75, 3.05) is 25.6 Å². The molecule has 0 radical (unpaired) electrons. The topological polar surface area (TPSA) is 106 Å². The van der Waals surface area contributed by atoms with Gasteiger partial charge in [0.2, 0.25) is 0 Å². The number of hydrogen-bond acceptors (Lipinski definition) is 6. The summed E-state index contributed by atoms with van der Waals surface area (Å²) in [5, 5.41) is 12.2. The summed E-state index contributed by atoms with van der Waals surface area (Å²) >= 11 is 5.73. The smallest absolute Gasteiger partial charge is 0.349 e. The van der Waals surface area contributed by atoms with E-state index in [2.05, 4.69) is 10.3 Å². The van der Waals surface area contributed by atoms with E-state index in [-0.39, 0.29) is 11.4 Å². The maximum atomic E-state index is 12.2. The fourth-order valence-electron chi connectivity index (χ4n) is 2.63. The Morgan fingerprint density at radius 2 is 2.14 bits per heavy atom. The minimum Gasteiger partial charge on any atom is -0.451 e. The van der Waals surface area contributed by atoms with Crippen molar-refractivity contribution in [1.29, 1.82) is 5.26 Å². The van der Waals surface area contributed by atoms with E-state index in [9.17, 15) is 14.9 Å². The molecule has 152 valence electrons. The predicted molar refractivity (Wildman–Crippen MR) is 108 cm³/mol. The van der Waals surface area contributed by atoms with Crippen LogP contribution in [0.4, 0.5) is 5.82 Å². The zero-order valence-corrected chi connectivity index (χ0v) is 17.1. The molecule has 0 atom stereocenters. The molecule has 0 aliphatic rings. The zero-order chi connectivity index (χ0) is 21.4. The molecule has 0 fully saturated rings. The molecule has 0 bridgehead atoms.